The van der Waals surface area contributed by atoms with Gasteiger partial charge in [0.1, 0.15) is 24.5 Å². The summed E-state index contributed by atoms with van der Waals surface area (Å²) in [5.74, 6) is 1.77. The SMILES string of the molecule is C[C@H]([NH2+]Cc1ccc(-c2ccc(Br)cc2)o1)[C@H](O)c1ccccc1. The van der Waals surface area contributed by atoms with E-state index in [-0.39, 0.29) is 6.04 Å². The second kappa shape index (κ2) is 7.79. The van der Waals surface area contributed by atoms with Crippen molar-refractivity contribution in [2.45, 2.75) is 25.6 Å². The predicted octanol–water partition coefficient (Wildman–Crippen LogP) is 3.89. The van der Waals surface area contributed by atoms with Crippen molar-refractivity contribution in [2.24, 2.45) is 0 Å². The molecule has 24 heavy (non-hydrogen) atoms. The monoisotopic (exact) mass is 386 g/mol. The number of quaternary nitrogens is 1. The Morgan fingerprint density at radius 3 is 2.42 bits per heavy atom. The van der Waals surface area contributed by atoms with Crippen LogP contribution >= 0.6 is 15.9 Å². The van der Waals surface area contributed by atoms with Crippen LogP contribution in [-0.2, 0) is 6.54 Å². The van der Waals surface area contributed by atoms with Crippen molar-refractivity contribution >= 4 is 15.9 Å². The number of aliphatic hydroxyl groups excluding tert-OH is 1. The first-order chi connectivity index (χ1) is 11.6. The van der Waals surface area contributed by atoms with E-state index in [4.69, 9.17) is 4.42 Å². The molecule has 1 heterocycles. The maximum absolute atomic E-state index is 10.4. The summed E-state index contributed by atoms with van der Waals surface area (Å²) < 4.78 is 6.97. The largest absolute Gasteiger partial charge is 0.455 e. The number of hydrogen-bond donors (Lipinski definition) is 2. The van der Waals surface area contributed by atoms with Gasteiger partial charge in [-0.1, -0.05) is 58.4 Å². The third-order valence-corrected chi connectivity index (χ3v) is 4.65. The molecular weight excluding hydrogens is 366 g/mol. The topological polar surface area (TPSA) is 50.0 Å². The zero-order chi connectivity index (χ0) is 16.9. The van der Waals surface area contributed by atoms with Gasteiger partial charge in [0.25, 0.3) is 0 Å². The first kappa shape index (κ1) is 17.0. The van der Waals surface area contributed by atoms with Crippen LogP contribution in [-0.4, -0.2) is 11.1 Å². The van der Waals surface area contributed by atoms with Crippen LogP contribution in [0, 0.1) is 0 Å². The Kier molecular flexibility index (Phi) is 5.51. The number of aliphatic hydroxyl groups is 1. The van der Waals surface area contributed by atoms with Gasteiger partial charge in [-0.05, 0) is 36.8 Å². The molecule has 0 aliphatic heterocycles. The smallest absolute Gasteiger partial charge is 0.158 e. The number of rotatable bonds is 6. The van der Waals surface area contributed by atoms with Crippen molar-refractivity contribution in [3.8, 4) is 11.3 Å². The maximum Gasteiger partial charge on any atom is 0.158 e. The molecule has 0 saturated heterocycles. The van der Waals surface area contributed by atoms with E-state index in [1.54, 1.807) is 0 Å². The second-order valence-electron chi connectivity index (χ2n) is 5.93. The lowest BCUT2D eigenvalue weighted by Crippen LogP contribution is -2.88. The summed E-state index contributed by atoms with van der Waals surface area (Å²) in [5, 5.41) is 12.5. The molecule has 2 atom stereocenters. The van der Waals surface area contributed by atoms with E-state index in [9.17, 15) is 5.11 Å². The van der Waals surface area contributed by atoms with Gasteiger partial charge in [0.15, 0.2) is 5.76 Å². The molecule has 0 unspecified atom stereocenters. The van der Waals surface area contributed by atoms with Crippen molar-refractivity contribution in [3.63, 3.8) is 0 Å². The van der Waals surface area contributed by atoms with E-state index in [1.165, 1.54) is 0 Å². The molecule has 3 rings (SSSR count). The molecule has 0 spiro atoms. The first-order valence-electron chi connectivity index (χ1n) is 8.04. The lowest BCUT2D eigenvalue weighted by molar-refractivity contribution is -0.710. The van der Waals surface area contributed by atoms with Crippen LogP contribution in [0.3, 0.4) is 0 Å². The van der Waals surface area contributed by atoms with E-state index in [0.29, 0.717) is 6.54 Å². The Bertz CT molecular complexity index is 768. The van der Waals surface area contributed by atoms with Gasteiger partial charge in [0.05, 0.1) is 0 Å². The van der Waals surface area contributed by atoms with Gasteiger partial charge in [-0.2, -0.15) is 0 Å². The van der Waals surface area contributed by atoms with E-state index in [0.717, 1.165) is 27.1 Å². The highest BCUT2D eigenvalue weighted by molar-refractivity contribution is 9.10. The Morgan fingerprint density at radius 1 is 1.00 bits per heavy atom. The number of halogens is 1. The van der Waals surface area contributed by atoms with E-state index in [2.05, 4.69) is 21.2 Å². The van der Waals surface area contributed by atoms with E-state index < -0.39 is 6.10 Å². The van der Waals surface area contributed by atoms with Gasteiger partial charge in [0, 0.05) is 10.0 Å². The predicted molar refractivity (Wildman–Crippen MR) is 98.3 cm³/mol. The van der Waals surface area contributed by atoms with Crippen LogP contribution in [0.4, 0.5) is 0 Å². The standard InChI is InChI=1S/C20H20BrNO2/c1-14(20(23)16-5-3-2-4-6-16)22-13-18-11-12-19(24-18)15-7-9-17(21)10-8-15/h2-12,14,20,22-23H,13H2,1H3/p+1/t14-,20-/m0/s1. The molecule has 0 aliphatic rings. The average Bonchev–Trinajstić information content (AvgIpc) is 3.09. The van der Waals surface area contributed by atoms with Crippen LogP contribution in [0.25, 0.3) is 11.3 Å². The molecule has 0 saturated carbocycles. The molecule has 3 N–H and O–H groups in total. The molecule has 3 aromatic rings. The molecule has 0 bridgehead atoms. The molecule has 0 fully saturated rings. The van der Waals surface area contributed by atoms with E-state index >= 15 is 0 Å². The highest BCUT2D eigenvalue weighted by atomic mass is 79.9. The first-order valence-corrected chi connectivity index (χ1v) is 8.84. The molecular formula is C20H21BrNO2+. The molecule has 0 amide bonds. The minimum atomic E-state index is -0.493. The summed E-state index contributed by atoms with van der Waals surface area (Å²) in [4.78, 5) is 0. The molecule has 2 aromatic carbocycles. The van der Waals surface area contributed by atoms with Gasteiger partial charge >= 0.3 is 0 Å². The third-order valence-electron chi connectivity index (χ3n) is 4.12. The fourth-order valence-electron chi connectivity index (χ4n) is 2.64. The quantitative estimate of drug-likeness (QED) is 0.674. The number of furan rings is 1. The summed E-state index contributed by atoms with van der Waals surface area (Å²) in [5.41, 5.74) is 2.00. The Hall–Kier alpha value is -1.88. The molecule has 124 valence electrons. The third kappa shape index (κ3) is 4.15. The summed E-state index contributed by atoms with van der Waals surface area (Å²) in [6.45, 7) is 2.72. The highest BCUT2D eigenvalue weighted by Crippen LogP contribution is 2.23. The summed E-state index contributed by atoms with van der Waals surface area (Å²) in [6.07, 6.45) is -0.493. The number of nitrogens with two attached hydrogens (primary N) is 1. The minimum absolute atomic E-state index is 0.0497. The highest BCUT2D eigenvalue weighted by Gasteiger charge is 2.19. The lowest BCUT2D eigenvalue weighted by atomic mass is 10.0. The Morgan fingerprint density at radius 2 is 1.71 bits per heavy atom. The number of hydrogen-bond acceptors (Lipinski definition) is 2. The van der Waals surface area contributed by atoms with Crippen LogP contribution in [0.15, 0.2) is 75.6 Å². The molecule has 4 heteroatoms. The maximum atomic E-state index is 10.4. The second-order valence-corrected chi connectivity index (χ2v) is 6.84. The normalized spacial score (nSPS) is 13.6. The zero-order valence-corrected chi connectivity index (χ0v) is 15.1. The van der Waals surface area contributed by atoms with Crippen LogP contribution in [0.1, 0.15) is 24.4 Å². The summed E-state index contributed by atoms with van der Waals surface area (Å²) >= 11 is 3.44. The Balaban J connectivity index is 1.60. The molecule has 1 aromatic heterocycles. The van der Waals surface area contributed by atoms with Gasteiger partial charge < -0.3 is 14.8 Å². The van der Waals surface area contributed by atoms with Crippen molar-refractivity contribution in [1.29, 1.82) is 0 Å². The van der Waals surface area contributed by atoms with Crippen molar-refractivity contribution in [1.82, 2.24) is 0 Å². The summed E-state index contributed by atoms with van der Waals surface area (Å²) in [6, 6.07) is 21.8. The average molecular weight is 387 g/mol. The van der Waals surface area contributed by atoms with Gasteiger partial charge in [-0.15, -0.1) is 0 Å². The van der Waals surface area contributed by atoms with Crippen LogP contribution in [0.2, 0.25) is 0 Å². The minimum Gasteiger partial charge on any atom is -0.455 e. The fraction of sp³-hybridized carbons (Fsp3) is 0.200. The molecule has 3 nitrogen and oxygen atoms in total. The van der Waals surface area contributed by atoms with Crippen LogP contribution in [0.5, 0.6) is 0 Å². The zero-order valence-electron chi connectivity index (χ0n) is 13.5. The summed E-state index contributed by atoms with van der Waals surface area (Å²) in [7, 11) is 0. The van der Waals surface area contributed by atoms with Crippen LogP contribution < -0.4 is 5.32 Å². The fourth-order valence-corrected chi connectivity index (χ4v) is 2.91. The van der Waals surface area contributed by atoms with Gasteiger partial charge in [-0.25, -0.2) is 0 Å². The molecule has 0 radical (unpaired) electrons. The van der Waals surface area contributed by atoms with Crippen molar-refractivity contribution < 1.29 is 14.8 Å². The molecule has 0 aliphatic carbocycles. The van der Waals surface area contributed by atoms with Crippen molar-refractivity contribution in [3.05, 3.63) is 82.5 Å². The lowest BCUT2D eigenvalue weighted by Gasteiger charge is -2.17. The van der Waals surface area contributed by atoms with Gasteiger partial charge in [0.2, 0.25) is 0 Å². The van der Waals surface area contributed by atoms with Gasteiger partial charge in [-0.3, -0.25) is 0 Å². The van der Waals surface area contributed by atoms with Crippen molar-refractivity contribution in [2.75, 3.05) is 0 Å². The number of benzene rings is 2. The van der Waals surface area contributed by atoms with E-state index in [1.807, 2.05) is 73.7 Å². The Labute approximate surface area is 150 Å².